The molecule has 5 rings (SSSR count). The Hall–Kier alpha value is -3.82. The largest absolute Gasteiger partial charge is 0.573 e. The maximum atomic E-state index is 12.3. The zero-order chi connectivity index (χ0) is 23.7. The molecule has 176 valence electrons. The van der Waals surface area contributed by atoms with Crippen molar-refractivity contribution in [1.29, 1.82) is 0 Å². The normalized spacial score (nSPS) is 14.1. The van der Waals surface area contributed by atoms with Crippen molar-refractivity contribution in [1.82, 2.24) is 19.7 Å². The number of pyridine rings is 1. The summed E-state index contributed by atoms with van der Waals surface area (Å²) in [4.78, 5) is 11.3. The average Bonchev–Trinajstić information content (AvgIpc) is 3.56. The minimum Gasteiger partial charge on any atom is -0.443 e. The molecule has 1 saturated heterocycles. The lowest BCUT2D eigenvalue weighted by Gasteiger charge is -2.16. The van der Waals surface area contributed by atoms with Crippen molar-refractivity contribution in [2.45, 2.75) is 32.7 Å². The molecule has 3 aromatic heterocycles. The van der Waals surface area contributed by atoms with Crippen LogP contribution in [-0.2, 0) is 6.54 Å². The van der Waals surface area contributed by atoms with Gasteiger partial charge in [0.2, 0.25) is 5.89 Å². The highest BCUT2D eigenvalue weighted by Crippen LogP contribution is 2.28. The van der Waals surface area contributed by atoms with Gasteiger partial charge in [0, 0.05) is 30.5 Å². The molecular weight excluding hydrogens is 447 g/mol. The van der Waals surface area contributed by atoms with Gasteiger partial charge in [-0.2, -0.15) is 5.10 Å². The van der Waals surface area contributed by atoms with Crippen LogP contribution in [0.5, 0.6) is 5.75 Å². The number of alkyl halides is 3. The Balaban J connectivity index is 1.29. The van der Waals surface area contributed by atoms with E-state index in [1.54, 1.807) is 0 Å². The SMILES string of the molecule is Cc1cc(-c2nc(-c3ccc(OC(F)(F)F)cc3)co2)nn1Cc1ccc(N2CCCC2)nc1. The highest BCUT2D eigenvalue weighted by molar-refractivity contribution is 5.62. The Morgan fingerprint density at radius 2 is 1.79 bits per heavy atom. The van der Waals surface area contributed by atoms with Crippen LogP contribution in [0, 0.1) is 6.92 Å². The van der Waals surface area contributed by atoms with Crippen LogP contribution in [0.4, 0.5) is 19.0 Å². The number of anilines is 1. The molecule has 0 saturated carbocycles. The Kier molecular flexibility index (Phi) is 5.72. The van der Waals surface area contributed by atoms with Crippen LogP contribution in [0.3, 0.4) is 0 Å². The van der Waals surface area contributed by atoms with Crippen LogP contribution < -0.4 is 9.64 Å². The summed E-state index contributed by atoms with van der Waals surface area (Å²) < 4.78 is 48.4. The molecule has 1 aromatic carbocycles. The van der Waals surface area contributed by atoms with Crippen molar-refractivity contribution in [2.75, 3.05) is 18.0 Å². The van der Waals surface area contributed by atoms with Crippen molar-refractivity contribution in [2.24, 2.45) is 0 Å². The van der Waals surface area contributed by atoms with Gasteiger partial charge in [-0.15, -0.1) is 13.2 Å². The molecule has 0 bridgehead atoms. The predicted molar refractivity (Wildman–Crippen MR) is 119 cm³/mol. The molecule has 7 nitrogen and oxygen atoms in total. The van der Waals surface area contributed by atoms with Crippen molar-refractivity contribution >= 4 is 5.82 Å². The maximum Gasteiger partial charge on any atom is 0.573 e. The number of benzene rings is 1. The highest BCUT2D eigenvalue weighted by atomic mass is 19.4. The maximum absolute atomic E-state index is 12.3. The van der Waals surface area contributed by atoms with E-state index in [2.05, 4.69) is 30.8 Å². The van der Waals surface area contributed by atoms with Crippen LogP contribution in [0.15, 0.2) is 59.3 Å². The van der Waals surface area contributed by atoms with Gasteiger partial charge in [0.05, 0.1) is 6.54 Å². The second-order valence-electron chi connectivity index (χ2n) is 8.16. The van der Waals surface area contributed by atoms with Gasteiger partial charge in [-0.3, -0.25) is 4.68 Å². The van der Waals surface area contributed by atoms with Crippen LogP contribution in [0.1, 0.15) is 24.1 Å². The molecular formula is C24H22F3N5O2. The van der Waals surface area contributed by atoms with E-state index >= 15 is 0 Å². The zero-order valence-corrected chi connectivity index (χ0v) is 18.4. The zero-order valence-electron chi connectivity index (χ0n) is 18.4. The fourth-order valence-electron chi connectivity index (χ4n) is 3.94. The summed E-state index contributed by atoms with van der Waals surface area (Å²) >= 11 is 0. The van der Waals surface area contributed by atoms with E-state index < -0.39 is 6.36 Å². The standard InChI is InChI=1S/C24H22F3N5O2/c1-16-12-20(30-32(16)14-17-4-9-22(28-13-17)31-10-2-3-11-31)23-29-21(15-33-23)18-5-7-19(8-6-18)34-24(25,26)27/h4-9,12-13,15H,2-3,10-11,14H2,1H3. The number of halogens is 3. The van der Waals surface area contributed by atoms with E-state index in [1.807, 2.05) is 29.9 Å². The van der Waals surface area contributed by atoms with Gasteiger partial charge in [0.25, 0.3) is 0 Å². The van der Waals surface area contributed by atoms with Gasteiger partial charge >= 0.3 is 6.36 Å². The van der Waals surface area contributed by atoms with E-state index in [0.717, 1.165) is 30.2 Å². The number of oxazole rings is 1. The third kappa shape index (κ3) is 4.90. The van der Waals surface area contributed by atoms with Crippen molar-refractivity contribution in [3.8, 4) is 28.6 Å². The Morgan fingerprint density at radius 3 is 2.47 bits per heavy atom. The van der Waals surface area contributed by atoms with E-state index in [0.29, 0.717) is 29.4 Å². The average molecular weight is 469 g/mol. The second kappa shape index (κ2) is 8.85. The smallest absolute Gasteiger partial charge is 0.443 e. The fraction of sp³-hybridized carbons (Fsp3) is 0.292. The Labute approximate surface area is 193 Å². The highest BCUT2D eigenvalue weighted by Gasteiger charge is 2.31. The fourth-order valence-corrected chi connectivity index (χ4v) is 3.94. The summed E-state index contributed by atoms with van der Waals surface area (Å²) in [6.07, 6.45) is 1.01. The molecule has 0 radical (unpaired) electrons. The van der Waals surface area contributed by atoms with E-state index in [-0.39, 0.29) is 5.75 Å². The van der Waals surface area contributed by atoms with E-state index in [9.17, 15) is 13.2 Å². The van der Waals surface area contributed by atoms with Gasteiger partial charge in [-0.1, -0.05) is 6.07 Å². The summed E-state index contributed by atoms with van der Waals surface area (Å²) in [6.45, 7) is 4.62. The third-order valence-electron chi connectivity index (χ3n) is 5.66. The molecule has 10 heteroatoms. The second-order valence-corrected chi connectivity index (χ2v) is 8.16. The summed E-state index contributed by atoms with van der Waals surface area (Å²) in [6, 6.07) is 11.4. The van der Waals surface area contributed by atoms with E-state index in [1.165, 1.54) is 43.4 Å². The first kappa shape index (κ1) is 22.0. The number of ether oxygens (including phenoxy) is 1. The molecule has 0 unspecified atom stereocenters. The minimum atomic E-state index is -4.73. The van der Waals surface area contributed by atoms with Crippen molar-refractivity contribution < 1.29 is 22.3 Å². The number of aryl methyl sites for hydroxylation is 1. The molecule has 1 aliphatic heterocycles. The molecule has 1 fully saturated rings. The summed E-state index contributed by atoms with van der Waals surface area (Å²) in [5, 5.41) is 4.61. The first-order valence-corrected chi connectivity index (χ1v) is 10.9. The molecule has 0 atom stereocenters. The molecule has 1 aliphatic rings. The third-order valence-corrected chi connectivity index (χ3v) is 5.66. The first-order valence-electron chi connectivity index (χ1n) is 10.9. The van der Waals surface area contributed by atoms with Crippen molar-refractivity contribution in [3.05, 3.63) is 66.2 Å². The molecule has 34 heavy (non-hydrogen) atoms. The Morgan fingerprint density at radius 1 is 1.03 bits per heavy atom. The number of hydrogen-bond donors (Lipinski definition) is 0. The lowest BCUT2D eigenvalue weighted by atomic mass is 10.2. The monoisotopic (exact) mass is 469 g/mol. The number of nitrogens with zero attached hydrogens (tertiary/aromatic N) is 5. The van der Waals surface area contributed by atoms with Crippen LogP contribution >= 0.6 is 0 Å². The van der Waals surface area contributed by atoms with Crippen LogP contribution in [0.25, 0.3) is 22.8 Å². The van der Waals surface area contributed by atoms with Gasteiger partial charge < -0.3 is 14.1 Å². The van der Waals surface area contributed by atoms with Gasteiger partial charge in [-0.25, -0.2) is 9.97 Å². The van der Waals surface area contributed by atoms with Crippen molar-refractivity contribution in [3.63, 3.8) is 0 Å². The quantitative estimate of drug-likeness (QED) is 0.374. The summed E-state index contributed by atoms with van der Waals surface area (Å²) in [5.41, 5.74) is 3.64. The molecule has 0 N–H and O–H groups in total. The number of rotatable bonds is 6. The van der Waals surface area contributed by atoms with E-state index in [4.69, 9.17) is 4.42 Å². The van der Waals surface area contributed by atoms with Gasteiger partial charge in [-0.05, 0) is 61.7 Å². The molecule has 0 amide bonds. The number of aromatic nitrogens is 4. The lowest BCUT2D eigenvalue weighted by molar-refractivity contribution is -0.274. The molecule has 4 aromatic rings. The van der Waals surface area contributed by atoms with Crippen LogP contribution in [0.2, 0.25) is 0 Å². The molecule has 0 aliphatic carbocycles. The summed E-state index contributed by atoms with van der Waals surface area (Å²) in [7, 11) is 0. The summed E-state index contributed by atoms with van der Waals surface area (Å²) in [5.74, 6) is 1.04. The predicted octanol–water partition coefficient (Wildman–Crippen LogP) is 5.46. The first-order chi connectivity index (χ1) is 16.3. The van der Waals surface area contributed by atoms with Gasteiger partial charge in [0.1, 0.15) is 29.2 Å². The van der Waals surface area contributed by atoms with Gasteiger partial charge in [0.15, 0.2) is 0 Å². The Bertz CT molecular complexity index is 1260. The topological polar surface area (TPSA) is 69.2 Å². The number of hydrogen-bond acceptors (Lipinski definition) is 6. The lowest BCUT2D eigenvalue weighted by Crippen LogP contribution is -2.18. The van der Waals surface area contributed by atoms with Crippen LogP contribution in [-0.4, -0.2) is 39.2 Å². The molecule has 0 spiro atoms. The minimum absolute atomic E-state index is 0.294. The molecule has 4 heterocycles.